The number of hydrogen-bond acceptors (Lipinski definition) is 3. The molecule has 1 rings (SSSR count). The van der Waals surface area contributed by atoms with Gasteiger partial charge in [-0.1, -0.05) is 13.8 Å². The number of ketones is 1. The van der Waals surface area contributed by atoms with Crippen LogP contribution < -0.4 is 5.73 Å². The third-order valence-electron chi connectivity index (χ3n) is 2.44. The lowest BCUT2D eigenvalue weighted by Gasteiger charge is -2.30. The van der Waals surface area contributed by atoms with E-state index in [0.29, 0.717) is 12.0 Å². The van der Waals surface area contributed by atoms with Crippen molar-refractivity contribution in [2.24, 2.45) is 11.1 Å². The topological polar surface area (TPSA) is 87.5 Å². The summed E-state index contributed by atoms with van der Waals surface area (Å²) in [5, 5.41) is 0. The molecule has 0 saturated carbocycles. The van der Waals surface area contributed by atoms with Gasteiger partial charge < -0.3 is 11.2 Å². The van der Waals surface area contributed by atoms with E-state index in [1.165, 1.54) is 0 Å². The number of carbonyl (C=O) groups is 1. The highest BCUT2D eigenvalue weighted by Gasteiger charge is 2.33. The van der Waals surface area contributed by atoms with Gasteiger partial charge in [-0.25, -0.2) is 0 Å². The molecule has 0 saturated heterocycles. The Labute approximate surface area is 103 Å². The maximum Gasteiger partial charge on any atom is 0.170 e. The quantitative estimate of drug-likeness (QED) is 0.808. The molecule has 96 valence electrons. The summed E-state index contributed by atoms with van der Waals surface area (Å²) < 4.78 is 0. The molecule has 0 fully saturated rings. The van der Waals surface area contributed by atoms with E-state index in [-0.39, 0.29) is 16.8 Å². The zero-order valence-corrected chi connectivity index (χ0v) is 10.9. The minimum atomic E-state index is -0.457. The molecular formula is C13H22N2O2. The first-order valence-corrected chi connectivity index (χ1v) is 5.46. The number of nitrogens with two attached hydrogens (primary N) is 1. The Balaban J connectivity index is 0.00000256. The second kappa shape index (κ2) is 5.38. The van der Waals surface area contributed by atoms with Crippen molar-refractivity contribution in [3.05, 3.63) is 30.1 Å². The Morgan fingerprint density at radius 1 is 1.35 bits per heavy atom. The van der Waals surface area contributed by atoms with Crippen LogP contribution in [-0.2, 0) is 0 Å². The summed E-state index contributed by atoms with van der Waals surface area (Å²) in [6.45, 7) is 7.73. The summed E-state index contributed by atoms with van der Waals surface area (Å²) in [6, 6.07) is 3.57. The summed E-state index contributed by atoms with van der Waals surface area (Å²) in [7, 11) is 0. The van der Waals surface area contributed by atoms with E-state index >= 15 is 0 Å². The molecule has 0 atom stereocenters. The lowest BCUT2D eigenvalue weighted by molar-refractivity contribution is 0.0797. The fourth-order valence-corrected chi connectivity index (χ4v) is 2.11. The number of rotatable bonds is 4. The van der Waals surface area contributed by atoms with Crippen LogP contribution in [0.15, 0.2) is 24.5 Å². The lowest BCUT2D eigenvalue weighted by atomic mass is 9.75. The minimum Gasteiger partial charge on any atom is -0.412 e. The van der Waals surface area contributed by atoms with Crippen LogP contribution in [0.1, 0.15) is 44.5 Å². The lowest BCUT2D eigenvalue weighted by Crippen LogP contribution is -2.40. The molecule has 1 aromatic heterocycles. The van der Waals surface area contributed by atoms with Crippen molar-refractivity contribution in [3.8, 4) is 0 Å². The Morgan fingerprint density at radius 3 is 2.35 bits per heavy atom. The SMILES string of the molecule is CC(C)(N)CC(C)(C)C(=O)c1cccnc1.O. The molecule has 1 aromatic rings. The van der Waals surface area contributed by atoms with Crippen molar-refractivity contribution >= 4 is 5.78 Å². The van der Waals surface area contributed by atoms with E-state index in [9.17, 15) is 4.79 Å². The largest absolute Gasteiger partial charge is 0.412 e. The van der Waals surface area contributed by atoms with E-state index in [4.69, 9.17) is 5.73 Å². The highest BCUT2D eigenvalue weighted by atomic mass is 16.1. The van der Waals surface area contributed by atoms with Crippen LogP contribution in [0.4, 0.5) is 0 Å². The first kappa shape index (κ1) is 15.7. The number of nitrogens with zero attached hydrogens (tertiary/aromatic N) is 1. The van der Waals surface area contributed by atoms with Crippen LogP contribution in [-0.4, -0.2) is 21.8 Å². The second-order valence-corrected chi connectivity index (χ2v) is 5.62. The highest BCUT2D eigenvalue weighted by Crippen LogP contribution is 2.30. The fourth-order valence-electron chi connectivity index (χ4n) is 2.11. The Hall–Kier alpha value is -1.26. The van der Waals surface area contributed by atoms with E-state index in [0.717, 1.165) is 0 Å². The summed E-state index contributed by atoms with van der Waals surface area (Å²) in [4.78, 5) is 16.2. The van der Waals surface area contributed by atoms with E-state index in [1.807, 2.05) is 27.7 Å². The fraction of sp³-hybridized carbons (Fsp3) is 0.538. The average Bonchev–Trinajstić information content (AvgIpc) is 2.14. The third kappa shape index (κ3) is 4.63. The Bertz CT molecular complexity index is 367. The van der Waals surface area contributed by atoms with Crippen LogP contribution in [0, 0.1) is 5.41 Å². The predicted octanol–water partition coefficient (Wildman–Crippen LogP) is 1.59. The molecular weight excluding hydrogens is 216 g/mol. The van der Waals surface area contributed by atoms with Gasteiger partial charge in [0, 0.05) is 28.9 Å². The van der Waals surface area contributed by atoms with Crippen molar-refractivity contribution < 1.29 is 10.3 Å². The van der Waals surface area contributed by atoms with Gasteiger partial charge in [0.1, 0.15) is 0 Å². The summed E-state index contributed by atoms with van der Waals surface area (Å²) in [5.74, 6) is 0.0964. The van der Waals surface area contributed by atoms with E-state index < -0.39 is 5.41 Å². The molecule has 17 heavy (non-hydrogen) atoms. The molecule has 0 amide bonds. The van der Waals surface area contributed by atoms with Gasteiger partial charge in [0.2, 0.25) is 0 Å². The monoisotopic (exact) mass is 238 g/mol. The summed E-state index contributed by atoms with van der Waals surface area (Å²) in [5.41, 5.74) is 5.82. The molecule has 4 N–H and O–H groups in total. The maximum atomic E-state index is 12.2. The molecule has 4 nitrogen and oxygen atoms in total. The van der Waals surface area contributed by atoms with Gasteiger partial charge in [-0.05, 0) is 32.4 Å². The average molecular weight is 238 g/mol. The standard InChI is InChI=1S/C13H20N2O.H2O/c1-12(2,9-13(3,4)14)11(16)10-6-5-7-15-8-10;/h5-8H,9,14H2,1-4H3;1H2. The van der Waals surface area contributed by atoms with Gasteiger partial charge in [-0.3, -0.25) is 9.78 Å². The Morgan fingerprint density at radius 2 is 1.94 bits per heavy atom. The van der Waals surface area contributed by atoms with Gasteiger partial charge in [-0.2, -0.15) is 0 Å². The minimum absolute atomic E-state index is 0. The third-order valence-corrected chi connectivity index (χ3v) is 2.44. The van der Waals surface area contributed by atoms with Gasteiger partial charge in [-0.15, -0.1) is 0 Å². The van der Waals surface area contributed by atoms with E-state index in [1.54, 1.807) is 24.5 Å². The van der Waals surface area contributed by atoms with Gasteiger partial charge >= 0.3 is 0 Å². The van der Waals surface area contributed by atoms with Crippen molar-refractivity contribution in [1.82, 2.24) is 4.98 Å². The number of Topliss-reactive ketones (excluding diaryl/α,β-unsaturated/α-hetero) is 1. The number of carbonyl (C=O) groups excluding carboxylic acids is 1. The molecule has 0 aromatic carbocycles. The molecule has 1 heterocycles. The van der Waals surface area contributed by atoms with Crippen molar-refractivity contribution in [1.29, 1.82) is 0 Å². The van der Waals surface area contributed by atoms with Crippen LogP contribution >= 0.6 is 0 Å². The van der Waals surface area contributed by atoms with Crippen molar-refractivity contribution in [2.45, 2.75) is 39.7 Å². The van der Waals surface area contributed by atoms with Crippen molar-refractivity contribution in [2.75, 3.05) is 0 Å². The van der Waals surface area contributed by atoms with E-state index in [2.05, 4.69) is 4.98 Å². The normalized spacial score (nSPS) is 11.8. The zero-order chi connectivity index (χ0) is 12.4. The first-order chi connectivity index (χ1) is 7.22. The zero-order valence-electron chi connectivity index (χ0n) is 10.9. The number of pyridine rings is 1. The van der Waals surface area contributed by atoms with Crippen molar-refractivity contribution in [3.63, 3.8) is 0 Å². The van der Waals surface area contributed by atoms with Gasteiger partial charge in [0.15, 0.2) is 5.78 Å². The summed E-state index contributed by atoms with van der Waals surface area (Å²) in [6.07, 6.45) is 3.91. The van der Waals surface area contributed by atoms with Crippen LogP contribution in [0.25, 0.3) is 0 Å². The van der Waals surface area contributed by atoms with Crippen LogP contribution in [0.2, 0.25) is 0 Å². The second-order valence-electron chi connectivity index (χ2n) is 5.62. The summed E-state index contributed by atoms with van der Waals surface area (Å²) >= 11 is 0. The molecule has 0 radical (unpaired) electrons. The number of aromatic nitrogens is 1. The molecule has 0 aliphatic carbocycles. The highest BCUT2D eigenvalue weighted by molar-refractivity contribution is 5.99. The smallest absolute Gasteiger partial charge is 0.170 e. The molecule has 0 spiro atoms. The molecule has 0 aliphatic rings. The first-order valence-electron chi connectivity index (χ1n) is 5.46. The molecule has 0 unspecified atom stereocenters. The predicted molar refractivity (Wildman–Crippen MR) is 68.8 cm³/mol. The number of hydrogen-bond donors (Lipinski definition) is 1. The van der Waals surface area contributed by atoms with Gasteiger partial charge in [0.25, 0.3) is 0 Å². The molecule has 4 heteroatoms. The Kier molecular flexibility index (Phi) is 4.98. The maximum absolute atomic E-state index is 12.2. The molecule has 0 bridgehead atoms. The van der Waals surface area contributed by atoms with Crippen LogP contribution in [0.5, 0.6) is 0 Å². The molecule has 0 aliphatic heterocycles. The van der Waals surface area contributed by atoms with Crippen LogP contribution in [0.3, 0.4) is 0 Å². The van der Waals surface area contributed by atoms with Gasteiger partial charge in [0.05, 0.1) is 0 Å².